The molecule has 1 rings (SSSR count). The van der Waals surface area contributed by atoms with Crippen molar-refractivity contribution >= 4 is 17.5 Å². The summed E-state index contributed by atoms with van der Waals surface area (Å²) < 4.78 is 5.53. The molecule has 6 nitrogen and oxygen atoms in total. The van der Waals surface area contributed by atoms with Crippen LogP contribution in [-0.2, 0) is 9.59 Å². The number of benzene rings is 1. The molecule has 1 unspecified atom stereocenters. The van der Waals surface area contributed by atoms with Crippen molar-refractivity contribution in [3.8, 4) is 5.75 Å². The van der Waals surface area contributed by atoms with Gasteiger partial charge in [0.1, 0.15) is 5.75 Å². The van der Waals surface area contributed by atoms with Gasteiger partial charge in [0.15, 0.2) is 6.61 Å². The average molecular weight is 321 g/mol. The van der Waals surface area contributed by atoms with E-state index in [-0.39, 0.29) is 24.3 Å². The van der Waals surface area contributed by atoms with Gasteiger partial charge >= 0.3 is 0 Å². The summed E-state index contributed by atoms with van der Waals surface area (Å²) in [6.07, 6.45) is 0. The van der Waals surface area contributed by atoms with Crippen molar-refractivity contribution in [2.24, 2.45) is 5.92 Å². The highest BCUT2D eigenvalue weighted by Gasteiger charge is 2.13. The summed E-state index contributed by atoms with van der Waals surface area (Å²) in [5, 5.41) is 5.82. The van der Waals surface area contributed by atoms with E-state index >= 15 is 0 Å². The van der Waals surface area contributed by atoms with Crippen LogP contribution in [0, 0.1) is 5.92 Å². The Hall–Kier alpha value is -2.08. The fourth-order valence-corrected chi connectivity index (χ4v) is 2.14. The molecule has 0 aliphatic carbocycles. The summed E-state index contributed by atoms with van der Waals surface area (Å²) in [7, 11) is 1.81. The third kappa shape index (κ3) is 6.28. The van der Waals surface area contributed by atoms with Crippen LogP contribution in [0.4, 0.5) is 5.69 Å². The molecule has 0 saturated heterocycles. The molecular weight excluding hydrogens is 294 g/mol. The summed E-state index contributed by atoms with van der Waals surface area (Å²) in [6, 6.07) is 7.07. The molecule has 23 heavy (non-hydrogen) atoms. The van der Waals surface area contributed by atoms with Gasteiger partial charge in [0.25, 0.3) is 5.91 Å². The molecule has 6 heteroatoms. The minimum atomic E-state index is -0.131. The zero-order valence-corrected chi connectivity index (χ0v) is 14.4. The van der Waals surface area contributed by atoms with E-state index in [0.717, 1.165) is 0 Å². The number of hydrogen-bond acceptors (Lipinski definition) is 4. The van der Waals surface area contributed by atoms with E-state index in [9.17, 15) is 9.59 Å². The van der Waals surface area contributed by atoms with Gasteiger partial charge in [-0.15, -0.1) is 0 Å². The second-order valence-electron chi connectivity index (χ2n) is 5.33. The number of nitrogens with one attached hydrogen (secondary N) is 2. The molecule has 0 bridgehead atoms. The monoisotopic (exact) mass is 321 g/mol. The maximum Gasteiger partial charge on any atom is 0.260 e. The first-order valence-electron chi connectivity index (χ1n) is 7.97. The topological polar surface area (TPSA) is 70.7 Å². The second kappa shape index (κ2) is 9.84. The zero-order valence-electron chi connectivity index (χ0n) is 14.4. The summed E-state index contributed by atoms with van der Waals surface area (Å²) in [5.74, 6) is 0.321. The van der Waals surface area contributed by atoms with Gasteiger partial charge in [-0.25, -0.2) is 0 Å². The maximum absolute atomic E-state index is 12.0. The van der Waals surface area contributed by atoms with Gasteiger partial charge < -0.3 is 20.3 Å². The molecule has 1 aromatic carbocycles. The van der Waals surface area contributed by atoms with E-state index in [4.69, 9.17) is 4.74 Å². The standard InChI is InChI=1S/C17H27N3O3/c1-5-20(6-2)16(21)12-23-15-9-7-8-14(10-15)19-17(22)13(3)11-18-4/h7-10,13,18H,5-6,11-12H2,1-4H3,(H,19,22). The molecule has 0 radical (unpaired) electrons. The van der Waals surface area contributed by atoms with Crippen molar-refractivity contribution < 1.29 is 14.3 Å². The number of amides is 2. The molecule has 2 N–H and O–H groups in total. The van der Waals surface area contributed by atoms with Gasteiger partial charge in [-0.1, -0.05) is 13.0 Å². The third-order valence-electron chi connectivity index (χ3n) is 3.54. The van der Waals surface area contributed by atoms with E-state index in [1.165, 1.54) is 0 Å². The highest BCUT2D eigenvalue weighted by Crippen LogP contribution is 2.18. The van der Waals surface area contributed by atoms with Gasteiger partial charge in [0.05, 0.1) is 0 Å². The summed E-state index contributed by atoms with van der Waals surface area (Å²) in [6.45, 7) is 7.66. The highest BCUT2D eigenvalue weighted by molar-refractivity contribution is 5.92. The van der Waals surface area contributed by atoms with Crippen LogP contribution in [0.3, 0.4) is 0 Å². The van der Waals surface area contributed by atoms with Gasteiger partial charge in [0.2, 0.25) is 5.91 Å². The molecule has 128 valence electrons. The molecular formula is C17H27N3O3. The minimum Gasteiger partial charge on any atom is -0.484 e. The van der Waals surface area contributed by atoms with Crippen molar-refractivity contribution in [1.29, 1.82) is 0 Å². The highest BCUT2D eigenvalue weighted by atomic mass is 16.5. The molecule has 0 fully saturated rings. The zero-order chi connectivity index (χ0) is 17.2. The number of anilines is 1. The number of carbonyl (C=O) groups is 2. The molecule has 1 aromatic rings. The number of carbonyl (C=O) groups excluding carboxylic acids is 2. The maximum atomic E-state index is 12.0. The van der Waals surface area contributed by atoms with Crippen LogP contribution in [0.1, 0.15) is 20.8 Å². The Balaban J connectivity index is 2.60. The quantitative estimate of drug-likeness (QED) is 0.727. The third-order valence-corrected chi connectivity index (χ3v) is 3.54. The Kier molecular flexibility index (Phi) is 8.11. The van der Waals surface area contributed by atoms with E-state index in [1.807, 2.05) is 27.8 Å². The number of hydrogen-bond donors (Lipinski definition) is 2. The lowest BCUT2D eigenvalue weighted by Gasteiger charge is -2.18. The Morgan fingerprint density at radius 3 is 2.57 bits per heavy atom. The van der Waals surface area contributed by atoms with Crippen molar-refractivity contribution in [2.45, 2.75) is 20.8 Å². The first kappa shape index (κ1) is 19.0. The molecule has 0 aliphatic heterocycles. The van der Waals surface area contributed by atoms with E-state index in [2.05, 4.69) is 10.6 Å². The van der Waals surface area contributed by atoms with Gasteiger partial charge in [-0.2, -0.15) is 0 Å². The normalized spacial score (nSPS) is 11.7. The molecule has 1 atom stereocenters. The molecule has 0 spiro atoms. The minimum absolute atomic E-state index is 0.00472. The van der Waals surface area contributed by atoms with Crippen LogP contribution < -0.4 is 15.4 Å². The lowest BCUT2D eigenvalue weighted by Crippen LogP contribution is -2.34. The fraction of sp³-hybridized carbons (Fsp3) is 0.529. The molecule has 0 aromatic heterocycles. The van der Waals surface area contributed by atoms with E-state index in [1.54, 1.807) is 29.2 Å². The second-order valence-corrected chi connectivity index (χ2v) is 5.33. The molecule has 0 saturated carbocycles. The number of ether oxygens (including phenoxy) is 1. The molecule has 0 heterocycles. The predicted molar refractivity (Wildman–Crippen MR) is 91.6 cm³/mol. The van der Waals surface area contributed by atoms with Crippen LogP contribution in [0.15, 0.2) is 24.3 Å². The van der Waals surface area contributed by atoms with Crippen LogP contribution in [-0.4, -0.2) is 50.0 Å². The number of nitrogens with zero attached hydrogens (tertiary/aromatic N) is 1. The number of likely N-dealkylation sites (N-methyl/N-ethyl adjacent to an activating group) is 1. The lowest BCUT2D eigenvalue weighted by atomic mass is 10.1. The Morgan fingerprint density at radius 2 is 1.96 bits per heavy atom. The van der Waals surface area contributed by atoms with Gasteiger partial charge in [-0.3, -0.25) is 9.59 Å². The van der Waals surface area contributed by atoms with Gasteiger partial charge in [-0.05, 0) is 33.0 Å². The molecule has 0 aliphatic rings. The number of rotatable bonds is 9. The summed E-state index contributed by atoms with van der Waals surface area (Å²) in [4.78, 5) is 25.6. The molecule has 2 amide bonds. The van der Waals surface area contributed by atoms with Crippen molar-refractivity contribution in [3.63, 3.8) is 0 Å². The largest absolute Gasteiger partial charge is 0.484 e. The van der Waals surface area contributed by atoms with Crippen molar-refractivity contribution in [3.05, 3.63) is 24.3 Å². The van der Waals surface area contributed by atoms with Crippen LogP contribution in [0.2, 0.25) is 0 Å². The smallest absolute Gasteiger partial charge is 0.260 e. The van der Waals surface area contributed by atoms with Crippen LogP contribution in [0.25, 0.3) is 0 Å². The lowest BCUT2D eigenvalue weighted by molar-refractivity contribution is -0.133. The van der Waals surface area contributed by atoms with Crippen LogP contribution in [0.5, 0.6) is 5.75 Å². The SMILES string of the molecule is CCN(CC)C(=O)COc1cccc(NC(=O)C(C)CNC)c1. The Bertz CT molecular complexity index is 516. The van der Waals surface area contributed by atoms with Gasteiger partial charge in [0, 0.05) is 37.3 Å². The average Bonchev–Trinajstić information content (AvgIpc) is 2.54. The van der Waals surface area contributed by atoms with Crippen LogP contribution >= 0.6 is 0 Å². The van der Waals surface area contributed by atoms with E-state index < -0.39 is 0 Å². The summed E-state index contributed by atoms with van der Waals surface area (Å²) >= 11 is 0. The summed E-state index contributed by atoms with van der Waals surface area (Å²) in [5.41, 5.74) is 0.658. The Labute approximate surface area is 138 Å². The first-order valence-corrected chi connectivity index (χ1v) is 7.97. The van der Waals surface area contributed by atoms with Crippen molar-refractivity contribution in [2.75, 3.05) is 38.6 Å². The van der Waals surface area contributed by atoms with Crippen molar-refractivity contribution in [1.82, 2.24) is 10.2 Å². The first-order chi connectivity index (χ1) is 11.0. The Morgan fingerprint density at radius 1 is 1.26 bits per heavy atom. The van der Waals surface area contributed by atoms with E-state index in [0.29, 0.717) is 31.1 Å². The fourth-order valence-electron chi connectivity index (χ4n) is 2.14. The predicted octanol–water partition coefficient (Wildman–Crippen LogP) is 1.73.